The molecule has 5 nitrogen and oxygen atoms in total. The molecule has 0 spiro atoms. The summed E-state index contributed by atoms with van der Waals surface area (Å²) in [5.74, 6) is -0.268. The first kappa shape index (κ1) is 21.4. The molecule has 1 aliphatic carbocycles. The zero-order valence-corrected chi connectivity index (χ0v) is 19.1. The van der Waals surface area contributed by atoms with Gasteiger partial charge in [0.1, 0.15) is 0 Å². The summed E-state index contributed by atoms with van der Waals surface area (Å²) in [4.78, 5) is 13.1. The molecule has 33 heavy (non-hydrogen) atoms. The van der Waals surface area contributed by atoms with Crippen LogP contribution < -0.4 is 5.32 Å². The Kier molecular flexibility index (Phi) is 5.48. The smallest absolute Gasteiger partial charge is 0.255 e. The van der Waals surface area contributed by atoms with E-state index in [0.29, 0.717) is 5.56 Å². The number of benzene rings is 4. The molecule has 4 aromatic rings. The second kappa shape index (κ2) is 8.46. The number of sulfonamides is 1. The number of hydrogen-bond donors (Lipinski definition) is 1. The largest absolute Gasteiger partial charge is 0.321 e. The first-order chi connectivity index (χ1) is 15.9. The Morgan fingerprint density at radius 3 is 2.27 bits per heavy atom. The van der Waals surface area contributed by atoms with Gasteiger partial charge < -0.3 is 5.32 Å². The topological polar surface area (TPSA) is 66.5 Å². The molecule has 0 aliphatic heterocycles. The van der Waals surface area contributed by atoms with Crippen LogP contribution in [0.15, 0.2) is 89.8 Å². The number of amides is 1. The second-order valence-electron chi connectivity index (χ2n) is 8.34. The van der Waals surface area contributed by atoms with E-state index in [4.69, 9.17) is 0 Å². The fraction of sp³-hybridized carbons (Fsp3) is 0.148. The molecule has 0 aromatic heterocycles. The van der Waals surface area contributed by atoms with Gasteiger partial charge in [-0.1, -0.05) is 54.6 Å². The third-order valence-electron chi connectivity index (χ3n) is 6.20. The number of carbonyl (C=O) groups excluding carboxylic acids is 1. The van der Waals surface area contributed by atoms with E-state index in [1.54, 1.807) is 19.2 Å². The number of hydrogen-bond acceptors (Lipinski definition) is 3. The van der Waals surface area contributed by atoms with Crippen LogP contribution in [0.5, 0.6) is 0 Å². The number of nitrogens with zero attached hydrogens (tertiary/aromatic N) is 1. The van der Waals surface area contributed by atoms with Gasteiger partial charge in [-0.15, -0.1) is 0 Å². The van der Waals surface area contributed by atoms with Crippen LogP contribution in [0.2, 0.25) is 0 Å². The lowest BCUT2D eigenvalue weighted by atomic mass is 10.0. The van der Waals surface area contributed by atoms with Crippen molar-refractivity contribution in [1.82, 2.24) is 4.31 Å². The van der Waals surface area contributed by atoms with Crippen LogP contribution in [0.3, 0.4) is 0 Å². The average Bonchev–Trinajstić information content (AvgIpc) is 3.26. The number of rotatable bonds is 6. The molecule has 0 bridgehead atoms. The van der Waals surface area contributed by atoms with Gasteiger partial charge in [-0.25, -0.2) is 8.42 Å². The first-order valence-electron chi connectivity index (χ1n) is 10.9. The van der Waals surface area contributed by atoms with Gasteiger partial charge in [0.25, 0.3) is 5.91 Å². The van der Waals surface area contributed by atoms with E-state index in [-0.39, 0.29) is 17.3 Å². The van der Waals surface area contributed by atoms with Crippen LogP contribution in [0.25, 0.3) is 10.8 Å². The minimum absolute atomic E-state index is 0.155. The molecule has 5 rings (SSSR count). The monoisotopic (exact) mass is 456 g/mol. The molecule has 1 amide bonds. The van der Waals surface area contributed by atoms with E-state index in [1.165, 1.54) is 33.0 Å². The van der Waals surface area contributed by atoms with E-state index >= 15 is 0 Å². The zero-order chi connectivity index (χ0) is 23.0. The molecule has 0 saturated heterocycles. The van der Waals surface area contributed by atoms with E-state index in [9.17, 15) is 13.2 Å². The van der Waals surface area contributed by atoms with Gasteiger partial charge >= 0.3 is 0 Å². The highest BCUT2D eigenvalue weighted by atomic mass is 32.2. The highest BCUT2D eigenvalue weighted by Gasteiger charge is 2.22. The van der Waals surface area contributed by atoms with Gasteiger partial charge in [0.2, 0.25) is 10.0 Å². The summed E-state index contributed by atoms with van der Waals surface area (Å²) >= 11 is 0. The molecule has 0 saturated carbocycles. The van der Waals surface area contributed by atoms with E-state index < -0.39 is 10.0 Å². The number of anilines is 1. The quantitative estimate of drug-likeness (QED) is 0.443. The summed E-state index contributed by atoms with van der Waals surface area (Å²) in [6, 6.07) is 25.7. The molecule has 166 valence electrons. The fourth-order valence-electron chi connectivity index (χ4n) is 4.43. The lowest BCUT2D eigenvalue weighted by Gasteiger charge is -2.17. The third-order valence-corrected chi connectivity index (χ3v) is 8.02. The Bertz CT molecular complexity index is 1440. The Balaban J connectivity index is 1.35. The number of nitrogens with one attached hydrogen (secondary N) is 1. The summed E-state index contributed by atoms with van der Waals surface area (Å²) in [5, 5.41) is 5.27. The van der Waals surface area contributed by atoms with Crippen LogP contribution in [-0.4, -0.2) is 25.7 Å². The fourth-order valence-corrected chi connectivity index (χ4v) is 5.59. The first-order valence-corrected chi connectivity index (χ1v) is 12.3. The molecule has 4 aromatic carbocycles. The van der Waals surface area contributed by atoms with E-state index in [1.807, 2.05) is 48.5 Å². The van der Waals surface area contributed by atoms with Crippen molar-refractivity contribution < 1.29 is 13.2 Å². The minimum atomic E-state index is -3.67. The molecular formula is C27H24N2O3S. The van der Waals surface area contributed by atoms with Crippen molar-refractivity contribution in [1.29, 1.82) is 0 Å². The number of aryl methyl sites for hydroxylation is 2. The Morgan fingerprint density at radius 2 is 1.55 bits per heavy atom. The SMILES string of the molecule is CN(Cc1ccccc1)S(=O)(=O)c1ccc(C(=O)Nc2ccc3c4c(cccc24)CC3)cc1. The molecule has 6 heteroatoms. The maximum Gasteiger partial charge on any atom is 0.255 e. The molecule has 0 heterocycles. The lowest BCUT2D eigenvalue weighted by molar-refractivity contribution is 0.102. The summed E-state index contributed by atoms with van der Waals surface area (Å²) in [6.07, 6.45) is 2.05. The van der Waals surface area contributed by atoms with Crippen molar-refractivity contribution in [2.75, 3.05) is 12.4 Å². The predicted molar refractivity (Wildman–Crippen MR) is 131 cm³/mol. The van der Waals surface area contributed by atoms with Crippen LogP contribution in [0.4, 0.5) is 5.69 Å². The lowest BCUT2D eigenvalue weighted by Crippen LogP contribution is -2.26. The predicted octanol–water partition coefficient (Wildman–Crippen LogP) is 5.01. The van der Waals surface area contributed by atoms with E-state index in [2.05, 4.69) is 17.4 Å². The second-order valence-corrected chi connectivity index (χ2v) is 10.4. The normalized spacial score (nSPS) is 12.9. The summed E-state index contributed by atoms with van der Waals surface area (Å²) < 4.78 is 27.2. The van der Waals surface area contributed by atoms with Crippen molar-refractivity contribution >= 4 is 32.4 Å². The molecule has 0 fully saturated rings. The van der Waals surface area contributed by atoms with Gasteiger partial charge in [0.15, 0.2) is 0 Å². The van der Waals surface area contributed by atoms with Crippen molar-refractivity contribution in [2.24, 2.45) is 0 Å². The van der Waals surface area contributed by atoms with Gasteiger partial charge in [0, 0.05) is 30.2 Å². The maximum atomic E-state index is 13.0. The third kappa shape index (κ3) is 4.03. The zero-order valence-electron chi connectivity index (χ0n) is 18.3. The van der Waals surface area contributed by atoms with Crippen LogP contribution >= 0.6 is 0 Å². The molecule has 0 radical (unpaired) electrons. The highest BCUT2D eigenvalue weighted by molar-refractivity contribution is 7.89. The van der Waals surface area contributed by atoms with Gasteiger partial charge in [-0.3, -0.25) is 4.79 Å². The van der Waals surface area contributed by atoms with Crippen molar-refractivity contribution in [2.45, 2.75) is 24.3 Å². The Labute approximate surface area is 193 Å². The number of carbonyl (C=O) groups is 1. The van der Waals surface area contributed by atoms with Crippen LogP contribution in [0.1, 0.15) is 27.0 Å². The molecule has 0 unspecified atom stereocenters. The van der Waals surface area contributed by atoms with Crippen molar-refractivity contribution in [3.8, 4) is 0 Å². The van der Waals surface area contributed by atoms with Crippen molar-refractivity contribution in [3.63, 3.8) is 0 Å². The van der Waals surface area contributed by atoms with Crippen LogP contribution in [0, 0.1) is 0 Å². The molecular weight excluding hydrogens is 432 g/mol. The molecule has 1 N–H and O–H groups in total. The van der Waals surface area contributed by atoms with Gasteiger partial charge in [0.05, 0.1) is 4.90 Å². The van der Waals surface area contributed by atoms with E-state index in [0.717, 1.165) is 29.5 Å². The van der Waals surface area contributed by atoms with Crippen LogP contribution in [-0.2, 0) is 29.4 Å². The minimum Gasteiger partial charge on any atom is -0.321 e. The van der Waals surface area contributed by atoms with Gasteiger partial charge in [-0.05, 0) is 65.3 Å². The summed E-state index contributed by atoms with van der Waals surface area (Å²) in [6.45, 7) is 0.274. The molecule has 1 aliphatic rings. The Hall–Kier alpha value is -3.48. The maximum absolute atomic E-state index is 13.0. The molecule has 0 atom stereocenters. The summed E-state index contributed by atoms with van der Waals surface area (Å²) in [5.41, 5.74) is 4.70. The van der Waals surface area contributed by atoms with Gasteiger partial charge in [-0.2, -0.15) is 4.31 Å². The highest BCUT2D eigenvalue weighted by Crippen LogP contribution is 2.35. The van der Waals surface area contributed by atoms with Crippen molar-refractivity contribution in [3.05, 3.63) is 107 Å². The average molecular weight is 457 g/mol. The Morgan fingerprint density at radius 1 is 0.848 bits per heavy atom. The summed E-state index contributed by atoms with van der Waals surface area (Å²) in [7, 11) is -2.11. The standard InChI is InChI=1S/C27H24N2O3S/c1-29(18-19-6-3-2-4-7-19)33(31,32)23-15-12-22(13-16-23)27(30)28-25-17-14-21-11-10-20-8-5-9-24(25)26(20)21/h2-9,12-17H,10-11,18H2,1H3,(H,28,30).